The summed E-state index contributed by atoms with van der Waals surface area (Å²) < 4.78 is 5.20. The van der Waals surface area contributed by atoms with Crippen LogP contribution in [0.25, 0.3) is 0 Å². The van der Waals surface area contributed by atoms with Crippen LogP contribution in [0.15, 0.2) is 30.3 Å². The number of unbranched alkanes of at least 4 members (excludes halogenated alkanes) is 3. The highest BCUT2D eigenvalue weighted by molar-refractivity contribution is 5.14. The van der Waals surface area contributed by atoms with Gasteiger partial charge in [0.25, 0.3) is 0 Å². The molecule has 0 spiro atoms. The molecule has 2 heteroatoms. The van der Waals surface area contributed by atoms with Gasteiger partial charge in [0.1, 0.15) is 0 Å². The fourth-order valence-corrected chi connectivity index (χ4v) is 1.70. The van der Waals surface area contributed by atoms with Gasteiger partial charge in [-0.05, 0) is 24.8 Å². The lowest BCUT2D eigenvalue weighted by Gasteiger charge is -2.03. The number of aliphatic hydroxyl groups excluding tert-OH is 1. The molecule has 1 aromatic carbocycles. The van der Waals surface area contributed by atoms with E-state index in [1.807, 2.05) is 0 Å². The van der Waals surface area contributed by atoms with E-state index in [1.54, 1.807) is 0 Å². The molecule has 1 aromatic rings. The first-order valence-corrected chi connectivity index (χ1v) is 6.16. The van der Waals surface area contributed by atoms with Crippen LogP contribution < -0.4 is 0 Å². The predicted octanol–water partition coefficient (Wildman–Crippen LogP) is 2.80. The molecule has 0 fully saturated rings. The van der Waals surface area contributed by atoms with Gasteiger partial charge in [-0.2, -0.15) is 0 Å². The molecular weight excluding hydrogens is 200 g/mol. The first kappa shape index (κ1) is 13.2. The number of rotatable bonds is 9. The first-order chi connectivity index (χ1) is 7.93. The molecule has 0 radical (unpaired) electrons. The van der Waals surface area contributed by atoms with Gasteiger partial charge in [-0.3, -0.25) is 0 Å². The zero-order valence-corrected chi connectivity index (χ0v) is 9.90. The molecule has 0 aromatic heterocycles. The Morgan fingerprint density at radius 1 is 0.875 bits per heavy atom. The van der Waals surface area contributed by atoms with Crippen LogP contribution in [0.5, 0.6) is 0 Å². The third kappa shape index (κ3) is 6.59. The summed E-state index contributed by atoms with van der Waals surface area (Å²) >= 11 is 0. The van der Waals surface area contributed by atoms with Crippen molar-refractivity contribution >= 4 is 0 Å². The molecule has 0 saturated heterocycles. The largest absolute Gasteiger partial charge is 0.394 e. The summed E-state index contributed by atoms with van der Waals surface area (Å²) in [5.74, 6) is 0. The summed E-state index contributed by atoms with van der Waals surface area (Å²) in [5, 5.41) is 8.51. The second kappa shape index (κ2) is 9.37. The molecule has 2 nitrogen and oxygen atoms in total. The third-order valence-electron chi connectivity index (χ3n) is 2.58. The minimum Gasteiger partial charge on any atom is -0.394 e. The van der Waals surface area contributed by atoms with Crippen LogP contribution >= 0.6 is 0 Å². The van der Waals surface area contributed by atoms with E-state index in [9.17, 15) is 0 Å². The number of benzene rings is 1. The van der Waals surface area contributed by atoms with Crippen molar-refractivity contribution < 1.29 is 9.84 Å². The van der Waals surface area contributed by atoms with Gasteiger partial charge in [-0.15, -0.1) is 0 Å². The van der Waals surface area contributed by atoms with Gasteiger partial charge in [0.2, 0.25) is 0 Å². The van der Waals surface area contributed by atoms with Crippen molar-refractivity contribution in [1.29, 1.82) is 0 Å². The third-order valence-corrected chi connectivity index (χ3v) is 2.58. The molecule has 0 saturated carbocycles. The Hall–Kier alpha value is -0.860. The molecule has 90 valence electrons. The van der Waals surface area contributed by atoms with E-state index in [-0.39, 0.29) is 6.61 Å². The zero-order valence-electron chi connectivity index (χ0n) is 9.90. The van der Waals surface area contributed by atoms with Crippen molar-refractivity contribution in [2.75, 3.05) is 19.8 Å². The fourth-order valence-electron chi connectivity index (χ4n) is 1.70. The molecule has 0 bridgehead atoms. The summed E-state index contributed by atoms with van der Waals surface area (Å²) in [5.41, 5.74) is 1.43. The molecule has 0 amide bonds. The van der Waals surface area contributed by atoms with E-state index < -0.39 is 0 Å². The lowest BCUT2D eigenvalue weighted by atomic mass is 10.1. The SMILES string of the molecule is OCCOCCCCCCc1ccccc1. The maximum atomic E-state index is 8.51. The highest BCUT2D eigenvalue weighted by Gasteiger charge is 1.93. The van der Waals surface area contributed by atoms with E-state index in [4.69, 9.17) is 9.84 Å². The Labute approximate surface area is 98.3 Å². The maximum Gasteiger partial charge on any atom is 0.0697 e. The summed E-state index contributed by atoms with van der Waals surface area (Å²) in [7, 11) is 0. The molecule has 1 rings (SSSR count). The Bertz CT molecular complexity index is 246. The molecule has 0 unspecified atom stereocenters. The summed E-state index contributed by atoms with van der Waals surface area (Å²) in [4.78, 5) is 0. The summed E-state index contributed by atoms with van der Waals surface area (Å²) in [6.07, 6.45) is 6.02. The number of ether oxygens (including phenoxy) is 1. The normalized spacial score (nSPS) is 10.6. The Morgan fingerprint density at radius 2 is 1.62 bits per heavy atom. The second-order valence-electron chi connectivity index (χ2n) is 3.99. The van der Waals surface area contributed by atoms with Gasteiger partial charge in [-0.1, -0.05) is 43.2 Å². The monoisotopic (exact) mass is 222 g/mol. The van der Waals surface area contributed by atoms with Crippen LogP contribution in [-0.4, -0.2) is 24.9 Å². The highest BCUT2D eigenvalue weighted by Crippen LogP contribution is 2.07. The van der Waals surface area contributed by atoms with Crippen molar-refractivity contribution in [3.8, 4) is 0 Å². The van der Waals surface area contributed by atoms with Crippen LogP contribution in [0.4, 0.5) is 0 Å². The highest BCUT2D eigenvalue weighted by atomic mass is 16.5. The number of aryl methyl sites for hydroxylation is 1. The van der Waals surface area contributed by atoms with E-state index in [1.165, 1.54) is 31.2 Å². The first-order valence-electron chi connectivity index (χ1n) is 6.16. The van der Waals surface area contributed by atoms with Crippen molar-refractivity contribution in [1.82, 2.24) is 0 Å². The zero-order chi connectivity index (χ0) is 11.5. The number of aliphatic hydroxyl groups is 1. The van der Waals surface area contributed by atoms with Crippen LogP contribution in [0.2, 0.25) is 0 Å². The van der Waals surface area contributed by atoms with E-state index in [0.29, 0.717) is 6.61 Å². The van der Waals surface area contributed by atoms with Crippen LogP contribution in [-0.2, 0) is 11.2 Å². The average molecular weight is 222 g/mol. The topological polar surface area (TPSA) is 29.5 Å². The number of hydrogen-bond donors (Lipinski definition) is 1. The van der Waals surface area contributed by atoms with Gasteiger partial charge in [0.15, 0.2) is 0 Å². The quantitative estimate of drug-likeness (QED) is 0.651. The van der Waals surface area contributed by atoms with Gasteiger partial charge in [0, 0.05) is 6.61 Å². The fraction of sp³-hybridized carbons (Fsp3) is 0.571. The molecule has 0 aliphatic rings. The molecule has 1 N–H and O–H groups in total. The van der Waals surface area contributed by atoms with E-state index in [0.717, 1.165) is 13.0 Å². The van der Waals surface area contributed by atoms with Gasteiger partial charge in [-0.25, -0.2) is 0 Å². The molecular formula is C14H22O2. The maximum absolute atomic E-state index is 8.51. The van der Waals surface area contributed by atoms with Crippen LogP contribution in [0, 0.1) is 0 Å². The minimum atomic E-state index is 0.133. The van der Waals surface area contributed by atoms with Gasteiger partial charge >= 0.3 is 0 Å². The second-order valence-corrected chi connectivity index (χ2v) is 3.99. The smallest absolute Gasteiger partial charge is 0.0697 e. The number of hydrogen-bond acceptors (Lipinski definition) is 2. The minimum absolute atomic E-state index is 0.133. The Morgan fingerprint density at radius 3 is 2.38 bits per heavy atom. The van der Waals surface area contributed by atoms with E-state index >= 15 is 0 Å². The van der Waals surface area contributed by atoms with Gasteiger partial charge in [0.05, 0.1) is 13.2 Å². The van der Waals surface area contributed by atoms with Crippen LogP contribution in [0.1, 0.15) is 31.2 Å². The van der Waals surface area contributed by atoms with Crippen molar-refractivity contribution in [2.45, 2.75) is 32.1 Å². The van der Waals surface area contributed by atoms with Crippen molar-refractivity contribution in [3.63, 3.8) is 0 Å². The standard InChI is InChI=1S/C14H22O2/c15-11-13-16-12-7-2-1-4-8-14-9-5-3-6-10-14/h3,5-6,9-10,15H,1-2,4,7-8,11-13H2. The molecule has 0 heterocycles. The van der Waals surface area contributed by atoms with Crippen molar-refractivity contribution in [3.05, 3.63) is 35.9 Å². The Kier molecular flexibility index (Phi) is 7.74. The van der Waals surface area contributed by atoms with E-state index in [2.05, 4.69) is 30.3 Å². The lowest BCUT2D eigenvalue weighted by molar-refractivity contribution is 0.0895. The average Bonchev–Trinajstić information content (AvgIpc) is 2.34. The molecule has 0 aliphatic heterocycles. The summed E-state index contributed by atoms with van der Waals surface area (Å²) in [6, 6.07) is 10.6. The molecule has 0 aliphatic carbocycles. The van der Waals surface area contributed by atoms with Crippen molar-refractivity contribution in [2.24, 2.45) is 0 Å². The lowest BCUT2D eigenvalue weighted by Crippen LogP contribution is -2.00. The summed E-state index contributed by atoms with van der Waals surface area (Å²) in [6.45, 7) is 1.39. The van der Waals surface area contributed by atoms with Crippen LogP contribution in [0.3, 0.4) is 0 Å². The Balaban J connectivity index is 1.89. The molecule has 0 atom stereocenters. The van der Waals surface area contributed by atoms with Gasteiger partial charge < -0.3 is 9.84 Å². The predicted molar refractivity (Wildman–Crippen MR) is 66.5 cm³/mol. The molecule has 16 heavy (non-hydrogen) atoms.